The first kappa shape index (κ1) is 29.8. The fourth-order valence-electron chi connectivity index (χ4n) is 4.65. The Morgan fingerprint density at radius 2 is 2.02 bits per heavy atom. The number of hydrogen-bond acceptors (Lipinski definition) is 9. The third kappa shape index (κ3) is 7.52. The van der Waals surface area contributed by atoms with Crippen LogP contribution in [0.3, 0.4) is 0 Å². The molecule has 2 atom stereocenters. The number of anilines is 1. The summed E-state index contributed by atoms with van der Waals surface area (Å²) in [5.41, 5.74) is 5.79. The smallest absolute Gasteiger partial charge is 0.343 e. The maximum atomic E-state index is 13.1. The van der Waals surface area contributed by atoms with Crippen molar-refractivity contribution < 1.29 is 32.6 Å². The molecule has 0 bridgehead atoms. The summed E-state index contributed by atoms with van der Waals surface area (Å²) in [6.07, 6.45) is 5.28. The molecule has 1 aliphatic carbocycles. The van der Waals surface area contributed by atoms with Gasteiger partial charge in [-0.05, 0) is 49.3 Å². The first-order valence-electron chi connectivity index (χ1n) is 13.2. The Bertz CT molecular complexity index is 1580. The Morgan fingerprint density at radius 1 is 1.27 bits per heavy atom. The Balaban J connectivity index is 1.44. The lowest BCUT2D eigenvalue weighted by molar-refractivity contribution is -0.138. The average molecular weight is 588 g/mol. The summed E-state index contributed by atoms with van der Waals surface area (Å²) < 4.78 is 35.0. The molecule has 1 aromatic carbocycles. The van der Waals surface area contributed by atoms with E-state index in [4.69, 9.17) is 15.3 Å². The molecule has 2 heterocycles. The molecule has 14 heteroatoms. The number of rotatable bonds is 14. The van der Waals surface area contributed by atoms with Gasteiger partial charge in [0, 0.05) is 56.5 Å². The number of nitrogens with two attached hydrogens (primary N) is 1. The van der Waals surface area contributed by atoms with E-state index in [1.807, 2.05) is 0 Å². The highest BCUT2D eigenvalue weighted by atomic mass is 32.2. The zero-order valence-corrected chi connectivity index (χ0v) is 23.3. The van der Waals surface area contributed by atoms with Crippen LogP contribution in [-0.4, -0.2) is 52.6 Å². The van der Waals surface area contributed by atoms with Gasteiger partial charge >= 0.3 is 11.6 Å². The molecular formula is C27H33N5O8S. The van der Waals surface area contributed by atoms with Crippen LogP contribution >= 0.6 is 0 Å². The van der Waals surface area contributed by atoms with Gasteiger partial charge in [-0.25, -0.2) is 9.78 Å². The van der Waals surface area contributed by atoms with Gasteiger partial charge < -0.3 is 30.2 Å². The van der Waals surface area contributed by atoms with E-state index in [2.05, 4.69) is 15.0 Å². The molecular weight excluding hydrogens is 554 g/mol. The molecule has 2 aromatic heterocycles. The summed E-state index contributed by atoms with van der Waals surface area (Å²) >= 11 is 0. The van der Waals surface area contributed by atoms with Crippen molar-refractivity contribution in [3.8, 4) is 5.75 Å². The first-order valence-corrected chi connectivity index (χ1v) is 14.7. The van der Waals surface area contributed by atoms with Crippen molar-refractivity contribution in [2.24, 2.45) is 18.7 Å². The second-order valence-corrected chi connectivity index (χ2v) is 11.7. The van der Waals surface area contributed by atoms with Crippen LogP contribution < -0.4 is 21.4 Å². The van der Waals surface area contributed by atoms with E-state index in [0.29, 0.717) is 17.7 Å². The Labute approximate surface area is 236 Å². The van der Waals surface area contributed by atoms with E-state index in [0.717, 1.165) is 12.8 Å². The number of sulfonamides is 1. The topological polar surface area (TPSA) is 207 Å². The van der Waals surface area contributed by atoms with E-state index in [9.17, 15) is 27.9 Å². The number of carbonyl (C=O) groups excluding carboxylic acids is 1. The number of amides is 1. The second kappa shape index (κ2) is 12.6. The number of aryl methyl sites for hydroxylation is 2. The predicted molar refractivity (Wildman–Crippen MR) is 148 cm³/mol. The van der Waals surface area contributed by atoms with Gasteiger partial charge in [0.1, 0.15) is 17.6 Å². The summed E-state index contributed by atoms with van der Waals surface area (Å²) in [5, 5.41) is 22.2. The second-order valence-electron chi connectivity index (χ2n) is 10.1. The van der Waals surface area contributed by atoms with Gasteiger partial charge in [0.2, 0.25) is 11.1 Å². The molecule has 1 saturated carbocycles. The number of aromatic nitrogens is 2. The van der Waals surface area contributed by atoms with E-state index >= 15 is 0 Å². The minimum Gasteiger partial charge on any atom is -0.507 e. The molecule has 0 saturated heterocycles. The molecule has 13 nitrogen and oxygen atoms in total. The quantitative estimate of drug-likeness (QED) is 0.172. The minimum atomic E-state index is -3.94. The van der Waals surface area contributed by atoms with Gasteiger partial charge in [-0.1, -0.05) is 12.1 Å². The number of carboxylic acid groups (broad SMARTS) is 1. The van der Waals surface area contributed by atoms with Crippen molar-refractivity contribution in [1.29, 1.82) is 0 Å². The SMILES string of the molecule is Cn1ccnc1S(=O)(=O)Nc1cccc(C(c2c(O)cc(CCCNC(=O)CC[C@H](N)C(=O)O)oc2=O)C2CC2)c1. The number of aromatic hydroxyl groups is 1. The normalized spacial score (nSPS) is 14.8. The summed E-state index contributed by atoms with van der Waals surface area (Å²) in [4.78, 5) is 39.6. The fraction of sp³-hybridized carbons (Fsp3) is 0.407. The van der Waals surface area contributed by atoms with Gasteiger partial charge in [-0.3, -0.25) is 14.3 Å². The molecule has 4 rings (SSSR count). The molecule has 0 radical (unpaired) electrons. The van der Waals surface area contributed by atoms with Crippen LogP contribution in [-0.2, 0) is 33.1 Å². The third-order valence-corrected chi connectivity index (χ3v) is 8.24. The Kier molecular flexibility index (Phi) is 9.13. The predicted octanol–water partition coefficient (Wildman–Crippen LogP) is 1.66. The van der Waals surface area contributed by atoms with Crippen LogP contribution in [0.2, 0.25) is 0 Å². The van der Waals surface area contributed by atoms with E-state index in [1.54, 1.807) is 31.3 Å². The van der Waals surface area contributed by atoms with Crippen molar-refractivity contribution in [2.45, 2.75) is 55.6 Å². The van der Waals surface area contributed by atoms with Crippen LogP contribution in [0.5, 0.6) is 5.75 Å². The van der Waals surface area contributed by atoms with Gasteiger partial charge in [0.05, 0.1) is 5.56 Å². The molecule has 0 spiro atoms. The van der Waals surface area contributed by atoms with Crippen molar-refractivity contribution in [1.82, 2.24) is 14.9 Å². The number of carbonyl (C=O) groups is 2. The number of imidazole rings is 1. The zero-order valence-electron chi connectivity index (χ0n) is 22.4. The first-order chi connectivity index (χ1) is 19.5. The molecule has 1 aliphatic rings. The molecule has 0 aliphatic heterocycles. The highest BCUT2D eigenvalue weighted by Gasteiger charge is 2.37. The van der Waals surface area contributed by atoms with E-state index in [1.165, 1.54) is 23.0 Å². The number of carboxylic acids is 1. The minimum absolute atomic E-state index is 0.0203. The number of nitrogens with zero attached hydrogens (tertiary/aromatic N) is 2. The van der Waals surface area contributed by atoms with Crippen LogP contribution in [0.4, 0.5) is 5.69 Å². The standard InChI is InChI=1S/C27H33N5O8S/c1-32-13-12-30-27(32)41(38,39)31-18-5-2-4-17(14-18)23(16-7-8-16)24-21(33)15-19(40-26(24)37)6-3-11-29-22(34)10-9-20(28)25(35)36/h2,4-5,12-16,20,23,31,33H,3,6-11,28H2,1H3,(H,29,34)(H,35,36)/t20-,23?/m0/s1. The van der Waals surface area contributed by atoms with Crippen molar-refractivity contribution >= 4 is 27.6 Å². The monoisotopic (exact) mass is 587 g/mol. The van der Waals surface area contributed by atoms with Gasteiger partial charge in [-0.15, -0.1) is 0 Å². The van der Waals surface area contributed by atoms with Crippen LogP contribution in [0.1, 0.15) is 54.9 Å². The van der Waals surface area contributed by atoms with Crippen molar-refractivity contribution in [3.63, 3.8) is 0 Å². The number of nitrogens with one attached hydrogen (secondary N) is 2. The van der Waals surface area contributed by atoms with Gasteiger partial charge in [-0.2, -0.15) is 8.42 Å². The van der Waals surface area contributed by atoms with Crippen LogP contribution in [0.25, 0.3) is 0 Å². The maximum absolute atomic E-state index is 13.1. The molecule has 1 fully saturated rings. The molecule has 6 N–H and O–H groups in total. The number of aliphatic carboxylic acids is 1. The highest BCUT2D eigenvalue weighted by Crippen LogP contribution is 2.48. The molecule has 3 aromatic rings. The molecule has 1 unspecified atom stereocenters. The number of hydrogen-bond donors (Lipinski definition) is 5. The summed E-state index contributed by atoms with van der Waals surface area (Å²) in [7, 11) is -2.37. The summed E-state index contributed by atoms with van der Waals surface area (Å²) in [6.45, 7) is 0.263. The van der Waals surface area contributed by atoms with Crippen LogP contribution in [0, 0.1) is 5.92 Å². The summed E-state index contributed by atoms with van der Waals surface area (Å²) in [6, 6.07) is 6.99. The van der Waals surface area contributed by atoms with Crippen molar-refractivity contribution in [3.05, 3.63) is 70.0 Å². The number of benzene rings is 1. The maximum Gasteiger partial charge on any atom is 0.343 e. The zero-order chi connectivity index (χ0) is 29.7. The molecule has 1 amide bonds. The summed E-state index contributed by atoms with van der Waals surface area (Å²) in [5.74, 6) is -1.87. The third-order valence-electron chi connectivity index (χ3n) is 6.86. The lowest BCUT2D eigenvalue weighted by Crippen LogP contribution is -2.33. The lowest BCUT2D eigenvalue weighted by Gasteiger charge is -2.19. The highest BCUT2D eigenvalue weighted by molar-refractivity contribution is 7.92. The lowest BCUT2D eigenvalue weighted by atomic mass is 9.87. The van der Waals surface area contributed by atoms with E-state index in [-0.39, 0.29) is 59.9 Å². The Hall–Kier alpha value is -4.17. The Morgan fingerprint density at radius 3 is 2.66 bits per heavy atom. The van der Waals surface area contributed by atoms with Gasteiger partial charge in [0.15, 0.2) is 0 Å². The van der Waals surface area contributed by atoms with Crippen molar-refractivity contribution in [2.75, 3.05) is 11.3 Å². The largest absolute Gasteiger partial charge is 0.507 e. The average Bonchev–Trinajstić information content (AvgIpc) is 3.65. The molecule has 41 heavy (non-hydrogen) atoms. The van der Waals surface area contributed by atoms with Crippen LogP contribution in [0.15, 0.2) is 57.1 Å². The van der Waals surface area contributed by atoms with E-state index < -0.39 is 33.6 Å². The molecule has 220 valence electrons. The van der Waals surface area contributed by atoms with Gasteiger partial charge in [0.25, 0.3) is 10.0 Å². The fourth-order valence-corrected chi connectivity index (χ4v) is 5.82.